The van der Waals surface area contributed by atoms with Crippen molar-refractivity contribution in [2.24, 2.45) is 5.92 Å². The van der Waals surface area contributed by atoms with Crippen LogP contribution in [0.1, 0.15) is 39.8 Å². The number of nitrogen functional groups attached to an aromatic ring is 1. The number of aromatic nitrogens is 3. The van der Waals surface area contributed by atoms with E-state index in [0.29, 0.717) is 0 Å². The number of ether oxygens (including phenoxy) is 2. The summed E-state index contributed by atoms with van der Waals surface area (Å²) in [6, 6.07) is 7.06. The number of anilines is 1. The number of nitrogens with one attached hydrogen (secondary N) is 1. The Hall–Kier alpha value is -2.87. The number of esters is 1. The molecule has 1 aliphatic heterocycles. The van der Waals surface area contributed by atoms with E-state index in [0.717, 1.165) is 23.7 Å². The highest BCUT2D eigenvalue weighted by molar-refractivity contribution is 7.52. The minimum absolute atomic E-state index is 0.128. The predicted molar refractivity (Wildman–Crippen MR) is 135 cm³/mol. The molecule has 2 aromatic rings. The minimum Gasteiger partial charge on any atom is -0.464 e. The number of nitrogens with two attached hydrogens (primary N) is 1. The summed E-state index contributed by atoms with van der Waals surface area (Å²) >= 11 is 0. The molecule has 3 rings (SSSR count). The fourth-order valence-corrected chi connectivity index (χ4v) is 5.13. The Kier molecular flexibility index (Phi) is 10.4. The first-order valence-corrected chi connectivity index (χ1v) is 13.8. The fourth-order valence-electron chi connectivity index (χ4n) is 3.63. The van der Waals surface area contributed by atoms with Crippen LogP contribution in [0, 0.1) is 5.92 Å². The lowest BCUT2D eigenvalue weighted by atomic mass is 10.1. The van der Waals surface area contributed by atoms with E-state index in [1.54, 1.807) is 30.3 Å². The van der Waals surface area contributed by atoms with Gasteiger partial charge in [0.1, 0.15) is 35.9 Å². The van der Waals surface area contributed by atoms with E-state index in [1.807, 2.05) is 13.8 Å². The SMILES string of the molecule is CCC(CC)COC(=O)[C@H](C)NP(=O)(OC[C@H]1O[C@@H](n2ncc(N)nc2=O)[C@H](O)[C@@H]1O)Oc1ccccc1. The molecule has 14 nitrogen and oxygen atoms in total. The Labute approximate surface area is 219 Å². The van der Waals surface area contributed by atoms with E-state index in [1.165, 1.54) is 6.92 Å². The standard InChI is InChI=1S/C23H34N5O9P/c1-4-15(5-2)12-34-22(31)14(3)27-38(33,37-16-9-7-6-8-10-16)35-13-17-19(29)20(30)21(36-17)28-23(32)26-18(24)11-25-28/h6-11,14-15,17,19-21,29-30H,4-5,12-13H2,1-3H3,(H,27,33)(H2,24,26,32)/t14-,17+,19+,20+,21+,38?/m0/s1. The number of benzene rings is 1. The number of aliphatic hydroxyl groups excluding tert-OH is 2. The molecule has 0 bridgehead atoms. The Morgan fingerprint density at radius 3 is 2.55 bits per heavy atom. The molecule has 1 aromatic heterocycles. The van der Waals surface area contributed by atoms with E-state index >= 15 is 0 Å². The van der Waals surface area contributed by atoms with Gasteiger partial charge in [0.05, 0.1) is 19.4 Å². The van der Waals surface area contributed by atoms with Gasteiger partial charge in [-0.15, -0.1) is 0 Å². The average molecular weight is 556 g/mol. The Bertz CT molecular complexity index is 1160. The van der Waals surface area contributed by atoms with E-state index < -0.39 is 56.6 Å². The van der Waals surface area contributed by atoms with Gasteiger partial charge in [-0.1, -0.05) is 44.9 Å². The number of rotatable bonds is 13. The number of nitrogens with zero attached hydrogens (tertiary/aromatic N) is 3. The van der Waals surface area contributed by atoms with Crippen LogP contribution in [0.15, 0.2) is 41.3 Å². The van der Waals surface area contributed by atoms with Crippen molar-refractivity contribution in [3.8, 4) is 5.75 Å². The fraction of sp³-hybridized carbons (Fsp3) is 0.565. The van der Waals surface area contributed by atoms with Gasteiger partial charge in [0.25, 0.3) is 0 Å². The van der Waals surface area contributed by atoms with Crippen molar-refractivity contribution in [3.05, 3.63) is 47.0 Å². The van der Waals surface area contributed by atoms with E-state index in [4.69, 9.17) is 24.3 Å². The summed E-state index contributed by atoms with van der Waals surface area (Å²) in [5.74, 6) is -0.382. The highest BCUT2D eigenvalue weighted by Crippen LogP contribution is 2.46. The van der Waals surface area contributed by atoms with Crippen molar-refractivity contribution in [1.82, 2.24) is 19.9 Å². The molecule has 1 unspecified atom stereocenters. The highest BCUT2D eigenvalue weighted by atomic mass is 31.2. The van der Waals surface area contributed by atoms with Gasteiger partial charge < -0.3 is 29.9 Å². The predicted octanol–water partition coefficient (Wildman–Crippen LogP) is 1.00. The van der Waals surface area contributed by atoms with Crippen molar-refractivity contribution in [2.75, 3.05) is 18.9 Å². The molecule has 0 radical (unpaired) electrons. The lowest BCUT2D eigenvalue weighted by Crippen LogP contribution is -2.38. The molecule has 15 heteroatoms. The highest BCUT2D eigenvalue weighted by Gasteiger charge is 2.46. The molecule has 0 saturated carbocycles. The molecule has 2 heterocycles. The summed E-state index contributed by atoms with van der Waals surface area (Å²) in [6.07, 6.45) is -3.00. The van der Waals surface area contributed by atoms with Crippen LogP contribution in [-0.4, -0.2) is 68.5 Å². The van der Waals surface area contributed by atoms with Crippen LogP contribution in [-0.2, 0) is 23.4 Å². The van der Waals surface area contributed by atoms with Crippen LogP contribution >= 0.6 is 7.75 Å². The van der Waals surface area contributed by atoms with Crippen LogP contribution in [0.3, 0.4) is 0 Å². The second-order valence-corrected chi connectivity index (χ2v) is 10.5. The number of hydrogen-bond acceptors (Lipinski definition) is 12. The molecule has 1 aliphatic rings. The smallest absolute Gasteiger partial charge is 0.459 e. The summed E-state index contributed by atoms with van der Waals surface area (Å²) in [5.41, 5.74) is 4.54. The third-order valence-electron chi connectivity index (χ3n) is 6.01. The van der Waals surface area contributed by atoms with E-state index in [2.05, 4.69) is 15.2 Å². The summed E-state index contributed by atoms with van der Waals surface area (Å²) in [6.45, 7) is 5.12. The lowest BCUT2D eigenvalue weighted by Gasteiger charge is -2.25. The maximum absolute atomic E-state index is 13.7. The Balaban J connectivity index is 1.71. The van der Waals surface area contributed by atoms with Crippen LogP contribution < -0.4 is 21.0 Å². The second kappa shape index (κ2) is 13.3. The molecule has 1 fully saturated rings. The molecular formula is C23H34N5O9P. The third kappa shape index (κ3) is 7.59. The lowest BCUT2D eigenvalue weighted by molar-refractivity contribution is -0.146. The number of carbonyl (C=O) groups excluding carboxylic acids is 1. The first kappa shape index (κ1) is 29.7. The summed E-state index contributed by atoms with van der Waals surface area (Å²) < 4.78 is 36.4. The molecule has 1 aromatic carbocycles. The molecule has 210 valence electrons. The van der Waals surface area contributed by atoms with Gasteiger partial charge in [0.15, 0.2) is 6.23 Å². The van der Waals surface area contributed by atoms with Crippen LogP contribution in [0.2, 0.25) is 0 Å². The quantitative estimate of drug-likeness (QED) is 0.202. The van der Waals surface area contributed by atoms with Gasteiger partial charge in [-0.2, -0.15) is 19.9 Å². The summed E-state index contributed by atoms with van der Waals surface area (Å²) in [4.78, 5) is 28.2. The number of para-hydroxylation sites is 1. The zero-order valence-electron chi connectivity index (χ0n) is 21.4. The van der Waals surface area contributed by atoms with Crippen molar-refractivity contribution in [1.29, 1.82) is 0 Å². The van der Waals surface area contributed by atoms with Gasteiger partial charge in [-0.3, -0.25) is 9.32 Å². The average Bonchev–Trinajstić information content (AvgIpc) is 3.17. The molecule has 0 spiro atoms. The number of aliphatic hydroxyl groups is 2. The number of hydrogen-bond donors (Lipinski definition) is 4. The molecule has 0 amide bonds. The minimum atomic E-state index is -4.26. The summed E-state index contributed by atoms with van der Waals surface area (Å²) in [5, 5.41) is 27.3. The monoisotopic (exact) mass is 555 g/mol. The molecule has 38 heavy (non-hydrogen) atoms. The van der Waals surface area contributed by atoms with Crippen molar-refractivity contribution >= 4 is 19.5 Å². The zero-order valence-corrected chi connectivity index (χ0v) is 22.3. The molecule has 6 atom stereocenters. The normalized spacial score (nSPS) is 23.6. The van der Waals surface area contributed by atoms with Gasteiger partial charge in [0, 0.05) is 0 Å². The van der Waals surface area contributed by atoms with Crippen molar-refractivity contribution in [3.63, 3.8) is 0 Å². The van der Waals surface area contributed by atoms with Crippen LogP contribution in [0.25, 0.3) is 0 Å². The van der Waals surface area contributed by atoms with Gasteiger partial charge in [-0.05, 0) is 25.0 Å². The largest absolute Gasteiger partial charge is 0.464 e. The van der Waals surface area contributed by atoms with Crippen molar-refractivity contribution in [2.45, 2.75) is 64.2 Å². The zero-order chi connectivity index (χ0) is 27.9. The maximum Gasteiger partial charge on any atom is 0.459 e. The molecule has 1 saturated heterocycles. The second-order valence-electron chi connectivity index (χ2n) is 8.82. The first-order valence-electron chi connectivity index (χ1n) is 12.2. The topological polar surface area (TPSA) is 197 Å². The van der Waals surface area contributed by atoms with Crippen LogP contribution in [0.4, 0.5) is 5.82 Å². The Morgan fingerprint density at radius 1 is 1.24 bits per heavy atom. The van der Waals surface area contributed by atoms with Gasteiger partial charge in [0.2, 0.25) is 0 Å². The van der Waals surface area contributed by atoms with Gasteiger partial charge >= 0.3 is 19.4 Å². The first-order chi connectivity index (χ1) is 18.1. The number of carbonyl (C=O) groups is 1. The van der Waals surface area contributed by atoms with Crippen LogP contribution in [0.5, 0.6) is 5.75 Å². The summed E-state index contributed by atoms with van der Waals surface area (Å²) in [7, 11) is -4.26. The maximum atomic E-state index is 13.7. The molecular weight excluding hydrogens is 521 g/mol. The third-order valence-corrected chi connectivity index (χ3v) is 7.66. The molecule has 0 aliphatic carbocycles. The molecule has 5 N–H and O–H groups in total. The van der Waals surface area contributed by atoms with Gasteiger partial charge in [-0.25, -0.2) is 9.36 Å². The van der Waals surface area contributed by atoms with E-state index in [9.17, 15) is 24.4 Å². The van der Waals surface area contributed by atoms with E-state index in [-0.39, 0.29) is 24.1 Å². The Morgan fingerprint density at radius 2 is 1.92 bits per heavy atom. The van der Waals surface area contributed by atoms with Crippen molar-refractivity contribution < 1.29 is 38.1 Å².